The highest BCUT2D eigenvalue weighted by atomic mass is 16.6. The van der Waals surface area contributed by atoms with Gasteiger partial charge < -0.3 is 15.3 Å². The number of rotatable bonds is 6. The highest BCUT2D eigenvalue weighted by molar-refractivity contribution is 5.90. The van der Waals surface area contributed by atoms with Crippen LogP contribution in [0.3, 0.4) is 0 Å². The Kier molecular flexibility index (Phi) is 5.58. The van der Waals surface area contributed by atoms with Crippen LogP contribution in [0.1, 0.15) is 35.1 Å². The molecule has 0 aromatic heterocycles. The molecular weight excluding hydrogens is 304 g/mol. The van der Waals surface area contributed by atoms with E-state index in [1.54, 1.807) is 6.92 Å². The van der Waals surface area contributed by atoms with E-state index >= 15 is 0 Å². The molecule has 0 bridgehead atoms. The molecule has 5 nitrogen and oxygen atoms in total. The van der Waals surface area contributed by atoms with E-state index < -0.39 is 11.8 Å². The van der Waals surface area contributed by atoms with Crippen LogP contribution < -0.4 is 10.5 Å². The van der Waals surface area contributed by atoms with Crippen molar-refractivity contribution in [3.8, 4) is 11.5 Å². The largest absolute Gasteiger partial charge is 0.456 e. The van der Waals surface area contributed by atoms with Gasteiger partial charge in [-0.15, -0.1) is 0 Å². The summed E-state index contributed by atoms with van der Waals surface area (Å²) in [5.74, 6) is 0.470. The lowest BCUT2D eigenvalue weighted by molar-refractivity contribution is -0.119. The Morgan fingerprint density at radius 3 is 2.62 bits per heavy atom. The van der Waals surface area contributed by atoms with Crippen molar-refractivity contribution < 1.29 is 14.4 Å². The first-order valence-electron chi connectivity index (χ1n) is 7.68. The number of primary amides is 1. The van der Waals surface area contributed by atoms with Crippen LogP contribution in [-0.4, -0.2) is 19.2 Å². The Morgan fingerprint density at radius 2 is 1.96 bits per heavy atom. The lowest BCUT2D eigenvalue weighted by Crippen LogP contribution is -2.20. The number of hydrogen-bond acceptors (Lipinski definition) is 4. The van der Waals surface area contributed by atoms with Crippen molar-refractivity contribution in [1.29, 1.82) is 0 Å². The van der Waals surface area contributed by atoms with Crippen molar-refractivity contribution in [3.05, 3.63) is 58.7 Å². The van der Waals surface area contributed by atoms with Gasteiger partial charge in [-0.1, -0.05) is 29.4 Å². The normalized spacial score (nSPS) is 12.2. The third-order valence-corrected chi connectivity index (χ3v) is 3.84. The minimum absolute atomic E-state index is 0.411. The summed E-state index contributed by atoms with van der Waals surface area (Å²) in [6, 6.07) is 11.5. The molecular formula is C19H22N2O3. The summed E-state index contributed by atoms with van der Waals surface area (Å²) in [6.07, 6.45) is 1.54. The van der Waals surface area contributed by atoms with Gasteiger partial charge in [-0.25, -0.2) is 0 Å². The zero-order valence-corrected chi connectivity index (χ0v) is 14.4. The number of carbonyl (C=O) groups excluding carboxylic acids is 1. The van der Waals surface area contributed by atoms with Crippen LogP contribution in [0.5, 0.6) is 11.5 Å². The lowest BCUT2D eigenvalue weighted by atomic mass is 9.95. The second-order valence-corrected chi connectivity index (χ2v) is 5.67. The zero-order chi connectivity index (χ0) is 17.7. The molecule has 1 unspecified atom stereocenters. The Hall–Kier alpha value is -2.82. The molecule has 5 heteroatoms. The second kappa shape index (κ2) is 7.64. The SMILES string of the molecule is CO/N=C/c1c(Oc2cc(C)ccc2C)cccc1C(C)C(N)=O. The summed E-state index contributed by atoms with van der Waals surface area (Å²) >= 11 is 0. The predicted octanol–water partition coefficient (Wildman–Crippen LogP) is 3.66. The summed E-state index contributed by atoms with van der Waals surface area (Å²) in [7, 11) is 1.46. The first kappa shape index (κ1) is 17.5. The molecule has 0 aliphatic rings. The molecule has 0 heterocycles. The Labute approximate surface area is 142 Å². The smallest absolute Gasteiger partial charge is 0.224 e. The maximum absolute atomic E-state index is 11.6. The van der Waals surface area contributed by atoms with Crippen LogP contribution in [0.2, 0.25) is 0 Å². The molecule has 2 aromatic rings. The van der Waals surface area contributed by atoms with Crippen LogP contribution >= 0.6 is 0 Å². The molecule has 0 spiro atoms. The Morgan fingerprint density at radius 1 is 1.21 bits per heavy atom. The molecule has 1 atom stereocenters. The van der Waals surface area contributed by atoms with Gasteiger partial charge in [0.2, 0.25) is 5.91 Å². The number of benzene rings is 2. The van der Waals surface area contributed by atoms with Gasteiger partial charge in [0.15, 0.2) is 0 Å². The topological polar surface area (TPSA) is 73.9 Å². The van der Waals surface area contributed by atoms with Gasteiger partial charge >= 0.3 is 0 Å². The number of nitrogens with two attached hydrogens (primary N) is 1. The molecule has 24 heavy (non-hydrogen) atoms. The molecule has 1 amide bonds. The number of hydrogen-bond donors (Lipinski definition) is 1. The van der Waals surface area contributed by atoms with Crippen LogP contribution in [0, 0.1) is 13.8 Å². The van der Waals surface area contributed by atoms with Gasteiger partial charge in [-0.05, 0) is 49.6 Å². The van der Waals surface area contributed by atoms with Crippen molar-refractivity contribution in [3.63, 3.8) is 0 Å². The molecule has 0 saturated heterocycles. The van der Waals surface area contributed by atoms with E-state index in [0.29, 0.717) is 11.3 Å². The zero-order valence-electron chi connectivity index (χ0n) is 14.4. The fourth-order valence-corrected chi connectivity index (χ4v) is 2.36. The summed E-state index contributed by atoms with van der Waals surface area (Å²) in [6.45, 7) is 5.74. The fourth-order valence-electron chi connectivity index (χ4n) is 2.36. The number of carbonyl (C=O) groups is 1. The molecule has 0 aliphatic heterocycles. The van der Waals surface area contributed by atoms with Crippen molar-refractivity contribution in [2.45, 2.75) is 26.7 Å². The van der Waals surface area contributed by atoms with Crippen molar-refractivity contribution in [2.24, 2.45) is 10.9 Å². The Balaban J connectivity index is 2.52. The minimum atomic E-state index is -0.467. The third kappa shape index (κ3) is 3.93. The van der Waals surface area contributed by atoms with E-state index in [9.17, 15) is 4.79 Å². The van der Waals surface area contributed by atoms with Crippen LogP contribution in [0.25, 0.3) is 0 Å². The van der Waals surface area contributed by atoms with E-state index in [2.05, 4.69) is 5.16 Å². The number of aryl methyl sites for hydroxylation is 2. The second-order valence-electron chi connectivity index (χ2n) is 5.67. The standard InChI is InChI=1S/C19H22N2O3/c1-12-8-9-13(2)18(10-12)24-17-7-5-6-15(14(3)19(20)22)16(17)11-21-23-4/h5-11,14H,1-4H3,(H2,20,22)/b21-11+. The average molecular weight is 326 g/mol. The summed E-state index contributed by atoms with van der Waals surface area (Å²) < 4.78 is 6.09. The van der Waals surface area contributed by atoms with Gasteiger partial charge in [-0.3, -0.25) is 4.79 Å². The first-order valence-corrected chi connectivity index (χ1v) is 7.68. The molecule has 0 fully saturated rings. The molecule has 0 aliphatic carbocycles. The maximum Gasteiger partial charge on any atom is 0.224 e. The van der Waals surface area contributed by atoms with Gasteiger partial charge in [0, 0.05) is 5.56 Å². The van der Waals surface area contributed by atoms with E-state index in [-0.39, 0.29) is 0 Å². The average Bonchev–Trinajstić information content (AvgIpc) is 2.56. The molecule has 126 valence electrons. The maximum atomic E-state index is 11.6. The summed E-state index contributed by atoms with van der Waals surface area (Å²) in [5, 5.41) is 3.83. The monoisotopic (exact) mass is 326 g/mol. The summed E-state index contributed by atoms with van der Waals surface area (Å²) in [5.41, 5.74) is 8.99. The van der Waals surface area contributed by atoms with Crippen molar-refractivity contribution in [1.82, 2.24) is 0 Å². The van der Waals surface area contributed by atoms with Gasteiger partial charge in [0.05, 0.1) is 12.1 Å². The minimum Gasteiger partial charge on any atom is -0.456 e. The van der Waals surface area contributed by atoms with Gasteiger partial charge in [0.1, 0.15) is 18.6 Å². The highest BCUT2D eigenvalue weighted by Crippen LogP contribution is 2.32. The van der Waals surface area contributed by atoms with E-state index in [4.69, 9.17) is 15.3 Å². The number of ether oxygens (including phenoxy) is 1. The first-order chi connectivity index (χ1) is 11.4. The third-order valence-electron chi connectivity index (χ3n) is 3.84. The van der Waals surface area contributed by atoms with Crippen molar-refractivity contribution >= 4 is 12.1 Å². The summed E-state index contributed by atoms with van der Waals surface area (Å²) in [4.78, 5) is 16.4. The number of oxime groups is 1. The predicted molar refractivity (Wildman–Crippen MR) is 94.6 cm³/mol. The molecule has 0 saturated carbocycles. The quantitative estimate of drug-likeness (QED) is 0.650. The van der Waals surface area contributed by atoms with Crippen LogP contribution in [0.4, 0.5) is 0 Å². The lowest BCUT2D eigenvalue weighted by Gasteiger charge is -2.16. The molecule has 2 aromatic carbocycles. The molecule has 2 rings (SSSR count). The van der Waals surface area contributed by atoms with E-state index in [1.807, 2.05) is 50.2 Å². The Bertz CT molecular complexity index is 769. The molecule has 0 radical (unpaired) electrons. The number of nitrogens with zero attached hydrogens (tertiary/aromatic N) is 1. The highest BCUT2D eigenvalue weighted by Gasteiger charge is 2.18. The fraction of sp³-hybridized carbons (Fsp3) is 0.263. The van der Waals surface area contributed by atoms with Gasteiger partial charge in [0.25, 0.3) is 0 Å². The van der Waals surface area contributed by atoms with E-state index in [1.165, 1.54) is 13.3 Å². The molecule has 2 N–H and O–H groups in total. The number of amides is 1. The van der Waals surface area contributed by atoms with Crippen molar-refractivity contribution in [2.75, 3.05) is 7.11 Å². The van der Waals surface area contributed by atoms with E-state index in [0.717, 1.165) is 22.4 Å². The van der Waals surface area contributed by atoms with Crippen LogP contribution in [-0.2, 0) is 9.63 Å². The van der Waals surface area contributed by atoms with Gasteiger partial charge in [-0.2, -0.15) is 0 Å². The van der Waals surface area contributed by atoms with Crippen LogP contribution in [0.15, 0.2) is 41.6 Å².